The van der Waals surface area contributed by atoms with E-state index in [1.165, 1.54) is 24.0 Å². The molecule has 1 aromatic carbocycles. The third-order valence-electron chi connectivity index (χ3n) is 4.27. The Labute approximate surface area is 140 Å². The maximum absolute atomic E-state index is 13.9. The second-order valence-corrected chi connectivity index (χ2v) is 6.34. The van der Waals surface area contributed by atoms with Gasteiger partial charge < -0.3 is 9.80 Å². The van der Waals surface area contributed by atoms with Gasteiger partial charge in [-0.2, -0.15) is 0 Å². The Morgan fingerprint density at radius 3 is 2.54 bits per heavy atom. The van der Waals surface area contributed by atoms with Gasteiger partial charge in [0.05, 0.1) is 5.92 Å². The Bertz CT molecular complexity index is 622. The van der Waals surface area contributed by atoms with Crippen LogP contribution in [0.3, 0.4) is 0 Å². The molecule has 1 aliphatic heterocycles. The van der Waals surface area contributed by atoms with Crippen molar-refractivity contribution in [3.05, 3.63) is 35.4 Å². The molecule has 1 atom stereocenters. The SMILES string of the molecule is CC(=O)N1CCN(Cc2cccc(F)c2F)C[C@@H](C(=O)N(C)C)C1. The van der Waals surface area contributed by atoms with Crippen molar-refractivity contribution in [1.82, 2.24) is 14.7 Å². The summed E-state index contributed by atoms with van der Waals surface area (Å²) in [7, 11) is 3.34. The van der Waals surface area contributed by atoms with Gasteiger partial charge in [-0.25, -0.2) is 8.78 Å². The van der Waals surface area contributed by atoms with Crippen LogP contribution >= 0.6 is 0 Å². The Balaban J connectivity index is 2.19. The highest BCUT2D eigenvalue weighted by atomic mass is 19.2. The minimum atomic E-state index is -0.881. The molecule has 1 saturated heterocycles. The number of carbonyl (C=O) groups is 2. The van der Waals surface area contributed by atoms with E-state index in [1.54, 1.807) is 19.0 Å². The van der Waals surface area contributed by atoms with Crippen LogP contribution in [0.1, 0.15) is 12.5 Å². The molecule has 0 aliphatic carbocycles. The number of nitrogens with zero attached hydrogens (tertiary/aromatic N) is 3. The number of hydrogen-bond acceptors (Lipinski definition) is 3. The largest absolute Gasteiger partial charge is 0.348 e. The van der Waals surface area contributed by atoms with Crippen LogP contribution in [-0.2, 0) is 16.1 Å². The molecule has 7 heteroatoms. The van der Waals surface area contributed by atoms with Gasteiger partial charge in [0.1, 0.15) is 0 Å². The van der Waals surface area contributed by atoms with Crippen molar-refractivity contribution in [1.29, 1.82) is 0 Å². The zero-order valence-electron chi connectivity index (χ0n) is 14.3. The maximum atomic E-state index is 13.9. The first-order valence-corrected chi connectivity index (χ1v) is 7.91. The van der Waals surface area contributed by atoms with Gasteiger partial charge >= 0.3 is 0 Å². The minimum Gasteiger partial charge on any atom is -0.348 e. The van der Waals surface area contributed by atoms with E-state index < -0.39 is 11.6 Å². The van der Waals surface area contributed by atoms with Gasteiger partial charge in [-0.3, -0.25) is 14.5 Å². The lowest BCUT2D eigenvalue weighted by atomic mass is 10.1. The van der Waals surface area contributed by atoms with Crippen LogP contribution in [0, 0.1) is 17.6 Å². The normalized spacial score (nSPS) is 19.0. The van der Waals surface area contributed by atoms with Gasteiger partial charge in [0.25, 0.3) is 0 Å². The number of halogens is 2. The second kappa shape index (κ2) is 7.70. The highest BCUT2D eigenvalue weighted by Gasteiger charge is 2.30. The lowest BCUT2D eigenvalue weighted by Crippen LogP contribution is -2.41. The van der Waals surface area contributed by atoms with Gasteiger partial charge in [-0.05, 0) is 6.07 Å². The van der Waals surface area contributed by atoms with E-state index in [2.05, 4.69) is 0 Å². The van der Waals surface area contributed by atoms with Crippen LogP contribution in [0.25, 0.3) is 0 Å². The fraction of sp³-hybridized carbons (Fsp3) is 0.529. The molecule has 0 aromatic heterocycles. The molecule has 0 radical (unpaired) electrons. The van der Waals surface area contributed by atoms with Crippen molar-refractivity contribution in [2.75, 3.05) is 40.3 Å². The van der Waals surface area contributed by atoms with Crippen molar-refractivity contribution in [3.8, 4) is 0 Å². The van der Waals surface area contributed by atoms with E-state index in [4.69, 9.17) is 0 Å². The number of carbonyl (C=O) groups excluding carboxylic acids is 2. The third kappa shape index (κ3) is 4.29. The van der Waals surface area contributed by atoms with Crippen LogP contribution in [0.15, 0.2) is 18.2 Å². The van der Waals surface area contributed by atoms with E-state index in [0.717, 1.165) is 6.07 Å². The molecule has 1 aromatic rings. The molecular weight excluding hydrogens is 316 g/mol. The van der Waals surface area contributed by atoms with Crippen molar-refractivity contribution >= 4 is 11.8 Å². The lowest BCUT2D eigenvalue weighted by Gasteiger charge is -2.25. The summed E-state index contributed by atoms with van der Waals surface area (Å²) in [6.45, 7) is 3.38. The quantitative estimate of drug-likeness (QED) is 0.835. The first-order chi connectivity index (χ1) is 11.3. The van der Waals surface area contributed by atoms with Crippen molar-refractivity contribution in [2.45, 2.75) is 13.5 Å². The van der Waals surface area contributed by atoms with Gasteiger partial charge in [0.2, 0.25) is 11.8 Å². The van der Waals surface area contributed by atoms with E-state index >= 15 is 0 Å². The van der Waals surface area contributed by atoms with Gasteiger partial charge in [-0.15, -0.1) is 0 Å². The van der Waals surface area contributed by atoms with Crippen LogP contribution in [0.2, 0.25) is 0 Å². The molecule has 2 rings (SSSR count). The number of amides is 2. The van der Waals surface area contributed by atoms with Crippen molar-refractivity contribution < 1.29 is 18.4 Å². The zero-order valence-corrected chi connectivity index (χ0v) is 14.3. The highest BCUT2D eigenvalue weighted by Crippen LogP contribution is 2.18. The summed E-state index contributed by atoms with van der Waals surface area (Å²) >= 11 is 0. The maximum Gasteiger partial charge on any atom is 0.228 e. The molecule has 0 spiro atoms. The van der Waals surface area contributed by atoms with Crippen molar-refractivity contribution in [2.24, 2.45) is 5.92 Å². The molecule has 0 bridgehead atoms. The molecule has 5 nitrogen and oxygen atoms in total. The monoisotopic (exact) mass is 339 g/mol. The van der Waals surface area contributed by atoms with Gasteiger partial charge in [-0.1, -0.05) is 12.1 Å². The Morgan fingerprint density at radius 1 is 1.21 bits per heavy atom. The average Bonchev–Trinajstić information content (AvgIpc) is 2.74. The highest BCUT2D eigenvalue weighted by molar-refractivity contribution is 5.80. The molecule has 0 N–H and O–H groups in total. The van der Waals surface area contributed by atoms with E-state index in [9.17, 15) is 18.4 Å². The second-order valence-electron chi connectivity index (χ2n) is 6.34. The topological polar surface area (TPSA) is 43.9 Å². The summed E-state index contributed by atoms with van der Waals surface area (Å²) in [5.74, 6) is -2.30. The molecule has 2 amide bonds. The first kappa shape index (κ1) is 18.3. The fourth-order valence-corrected chi connectivity index (χ4v) is 2.94. The van der Waals surface area contributed by atoms with Crippen LogP contribution in [0.5, 0.6) is 0 Å². The summed E-state index contributed by atoms with van der Waals surface area (Å²) in [4.78, 5) is 29.1. The predicted octanol–water partition coefficient (Wildman–Crippen LogP) is 1.33. The number of hydrogen-bond donors (Lipinski definition) is 0. The van der Waals surface area contributed by atoms with Gasteiger partial charge in [0, 0.05) is 59.3 Å². The smallest absolute Gasteiger partial charge is 0.228 e. The molecule has 132 valence electrons. The number of rotatable bonds is 3. The van der Waals surface area contributed by atoms with E-state index in [1.807, 2.05) is 4.90 Å². The molecule has 24 heavy (non-hydrogen) atoms. The van der Waals surface area contributed by atoms with Crippen LogP contribution < -0.4 is 0 Å². The van der Waals surface area contributed by atoms with E-state index in [-0.39, 0.29) is 29.8 Å². The molecular formula is C17H23F2N3O2. The number of benzene rings is 1. The third-order valence-corrected chi connectivity index (χ3v) is 4.27. The summed E-state index contributed by atoms with van der Waals surface area (Å²) in [5, 5.41) is 0. The summed E-state index contributed by atoms with van der Waals surface area (Å²) in [6, 6.07) is 4.09. The van der Waals surface area contributed by atoms with Crippen LogP contribution in [-0.4, -0.2) is 66.8 Å². The predicted molar refractivity (Wildman–Crippen MR) is 86.1 cm³/mol. The summed E-state index contributed by atoms with van der Waals surface area (Å²) < 4.78 is 27.3. The molecule has 0 unspecified atom stereocenters. The zero-order chi connectivity index (χ0) is 17.9. The Hall–Kier alpha value is -2.02. The average molecular weight is 339 g/mol. The van der Waals surface area contributed by atoms with Crippen molar-refractivity contribution in [3.63, 3.8) is 0 Å². The Kier molecular flexibility index (Phi) is 5.88. The standard InChI is InChI=1S/C17H23F2N3O2/c1-12(23)22-8-7-21(10-14(11-22)17(24)20(2)3)9-13-5-4-6-15(18)16(13)19/h4-6,14H,7-11H2,1-3H3/t14-/m1/s1. The first-order valence-electron chi connectivity index (χ1n) is 7.91. The molecule has 1 aliphatic rings. The fourth-order valence-electron chi connectivity index (χ4n) is 2.94. The molecule has 1 heterocycles. The molecule has 0 saturated carbocycles. The minimum absolute atomic E-state index is 0.0761. The van der Waals surface area contributed by atoms with E-state index in [0.29, 0.717) is 26.2 Å². The van der Waals surface area contributed by atoms with Crippen LogP contribution in [0.4, 0.5) is 8.78 Å². The Morgan fingerprint density at radius 2 is 1.92 bits per heavy atom. The summed E-state index contributed by atoms with van der Waals surface area (Å²) in [5.41, 5.74) is 0.252. The van der Waals surface area contributed by atoms with Gasteiger partial charge in [0.15, 0.2) is 11.6 Å². The summed E-state index contributed by atoms with van der Waals surface area (Å²) in [6.07, 6.45) is 0. The lowest BCUT2D eigenvalue weighted by molar-refractivity contribution is -0.135. The molecule has 1 fully saturated rings.